The first-order valence-corrected chi connectivity index (χ1v) is 11.0. The van der Waals surface area contributed by atoms with E-state index in [9.17, 15) is 4.79 Å². The highest BCUT2D eigenvalue weighted by Gasteiger charge is 2.19. The van der Waals surface area contributed by atoms with Crippen LogP contribution in [0.1, 0.15) is 22.8 Å². The van der Waals surface area contributed by atoms with Crippen molar-refractivity contribution >= 4 is 23.4 Å². The molecular weight excluding hydrogens is 410 g/mol. The van der Waals surface area contributed by atoms with Crippen molar-refractivity contribution in [1.82, 2.24) is 9.88 Å². The van der Waals surface area contributed by atoms with E-state index in [0.29, 0.717) is 12.2 Å². The molecule has 2 aromatic carbocycles. The maximum Gasteiger partial charge on any atom is 0.339 e. The predicted molar refractivity (Wildman–Crippen MR) is 125 cm³/mol. The standard InChI is InChI=1S/C25H26ClN3O2/c1-2-31-25(30)20-9-12-24(27-17-20)29-15-13-28(14-16-29)18-21-5-3-4-6-23(21)19-7-10-22(26)11-8-19/h3-12,17H,2,13-16,18H2,1H3. The normalized spacial score (nSPS) is 14.5. The van der Waals surface area contributed by atoms with Gasteiger partial charge < -0.3 is 9.64 Å². The number of piperazine rings is 1. The average Bonchev–Trinajstić information content (AvgIpc) is 2.81. The summed E-state index contributed by atoms with van der Waals surface area (Å²) in [6.07, 6.45) is 1.60. The number of nitrogens with zero attached hydrogens (tertiary/aromatic N) is 3. The number of anilines is 1. The number of rotatable bonds is 6. The Morgan fingerprint density at radius 3 is 2.42 bits per heavy atom. The Morgan fingerprint density at radius 1 is 1.00 bits per heavy atom. The maximum atomic E-state index is 11.8. The number of esters is 1. The summed E-state index contributed by atoms with van der Waals surface area (Å²) in [4.78, 5) is 21.0. The van der Waals surface area contributed by atoms with Gasteiger partial charge in [0.05, 0.1) is 12.2 Å². The first kappa shape index (κ1) is 21.3. The van der Waals surface area contributed by atoms with Crippen LogP contribution in [0, 0.1) is 0 Å². The predicted octanol–water partition coefficient (Wildman–Crippen LogP) is 4.90. The Bertz CT molecular complexity index is 1010. The van der Waals surface area contributed by atoms with Crippen LogP contribution in [0.2, 0.25) is 5.02 Å². The molecule has 0 spiro atoms. The van der Waals surface area contributed by atoms with Crippen molar-refractivity contribution < 1.29 is 9.53 Å². The Labute approximate surface area is 188 Å². The molecule has 2 heterocycles. The number of ether oxygens (including phenoxy) is 1. The summed E-state index contributed by atoms with van der Waals surface area (Å²) < 4.78 is 5.03. The summed E-state index contributed by atoms with van der Waals surface area (Å²) in [5, 5.41) is 0.751. The number of carbonyl (C=O) groups excluding carboxylic acids is 1. The Balaban J connectivity index is 1.38. The molecule has 0 amide bonds. The number of aromatic nitrogens is 1. The monoisotopic (exact) mass is 435 g/mol. The smallest absolute Gasteiger partial charge is 0.339 e. The summed E-state index contributed by atoms with van der Waals surface area (Å²) in [6, 6.07) is 20.3. The van der Waals surface area contributed by atoms with Gasteiger partial charge >= 0.3 is 5.97 Å². The van der Waals surface area contributed by atoms with Crippen LogP contribution in [0.3, 0.4) is 0 Å². The van der Waals surface area contributed by atoms with Gasteiger partial charge in [-0.25, -0.2) is 9.78 Å². The highest BCUT2D eigenvalue weighted by atomic mass is 35.5. The summed E-state index contributed by atoms with van der Waals surface area (Å²) in [5.74, 6) is 0.569. The molecule has 6 heteroatoms. The van der Waals surface area contributed by atoms with Gasteiger partial charge in [-0.2, -0.15) is 0 Å². The topological polar surface area (TPSA) is 45.7 Å². The van der Waals surface area contributed by atoms with E-state index < -0.39 is 0 Å². The second kappa shape index (κ2) is 9.94. The Morgan fingerprint density at radius 2 is 1.74 bits per heavy atom. The third-order valence-corrected chi connectivity index (χ3v) is 5.77. The first-order valence-electron chi connectivity index (χ1n) is 10.6. The van der Waals surface area contributed by atoms with Crippen molar-refractivity contribution in [1.29, 1.82) is 0 Å². The molecule has 0 unspecified atom stereocenters. The summed E-state index contributed by atoms with van der Waals surface area (Å²) in [7, 11) is 0. The molecule has 1 saturated heterocycles. The minimum atomic E-state index is -0.328. The van der Waals surface area contributed by atoms with Gasteiger partial charge in [-0.05, 0) is 47.9 Å². The summed E-state index contributed by atoms with van der Waals surface area (Å²) >= 11 is 6.06. The van der Waals surface area contributed by atoms with Gasteiger partial charge in [-0.3, -0.25) is 4.90 Å². The van der Waals surface area contributed by atoms with Gasteiger partial charge in [0, 0.05) is 43.9 Å². The van der Waals surface area contributed by atoms with Crippen LogP contribution < -0.4 is 4.90 Å². The van der Waals surface area contributed by atoms with Gasteiger partial charge in [0.15, 0.2) is 0 Å². The van der Waals surface area contributed by atoms with E-state index in [1.54, 1.807) is 19.2 Å². The van der Waals surface area contributed by atoms with Gasteiger partial charge in [0.2, 0.25) is 0 Å². The SMILES string of the molecule is CCOC(=O)c1ccc(N2CCN(Cc3ccccc3-c3ccc(Cl)cc3)CC2)nc1. The molecule has 0 saturated carbocycles. The van der Waals surface area contributed by atoms with Gasteiger partial charge in [-0.1, -0.05) is 48.0 Å². The van der Waals surface area contributed by atoms with Crippen LogP contribution in [0.15, 0.2) is 66.9 Å². The van der Waals surface area contributed by atoms with Crippen LogP contribution in [0.4, 0.5) is 5.82 Å². The van der Waals surface area contributed by atoms with E-state index in [2.05, 4.69) is 51.2 Å². The second-order valence-electron chi connectivity index (χ2n) is 7.55. The van der Waals surface area contributed by atoms with Gasteiger partial charge in [0.1, 0.15) is 5.82 Å². The second-order valence-corrected chi connectivity index (χ2v) is 7.99. The number of benzene rings is 2. The molecule has 1 aromatic heterocycles. The number of hydrogen-bond acceptors (Lipinski definition) is 5. The largest absolute Gasteiger partial charge is 0.462 e. The van der Waals surface area contributed by atoms with E-state index >= 15 is 0 Å². The minimum absolute atomic E-state index is 0.328. The van der Waals surface area contributed by atoms with Gasteiger partial charge in [0.25, 0.3) is 0 Å². The van der Waals surface area contributed by atoms with E-state index in [0.717, 1.165) is 43.6 Å². The van der Waals surface area contributed by atoms with Gasteiger partial charge in [-0.15, -0.1) is 0 Å². The van der Waals surface area contributed by atoms with Crippen molar-refractivity contribution in [2.24, 2.45) is 0 Å². The fraction of sp³-hybridized carbons (Fsp3) is 0.280. The number of carbonyl (C=O) groups is 1. The molecule has 0 aliphatic carbocycles. The highest BCUT2D eigenvalue weighted by Crippen LogP contribution is 2.26. The lowest BCUT2D eigenvalue weighted by atomic mass is 9.99. The first-order chi connectivity index (χ1) is 15.1. The van der Waals surface area contributed by atoms with Crippen molar-refractivity contribution in [2.45, 2.75) is 13.5 Å². The van der Waals surface area contributed by atoms with Crippen molar-refractivity contribution in [2.75, 3.05) is 37.7 Å². The van der Waals surface area contributed by atoms with E-state index in [1.807, 2.05) is 18.2 Å². The zero-order valence-corrected chi connectivity index (χ0v) is 18.4. The fourth-order valence-electron chi connectivity index (χ4n) is 3.85. The molecule has 4 rings (SSSR count). The molecule has 3 aromatic rings. The molecule has 0 radical (unpaired) electrons. The van der Waals surface area contributed by atoms with E-state index in [1.165, 1.54) is 16.7 Å². The molecule has 0 N–H and O–H groups in total. The zero-order chi connectivity index (χ0) is 21.6. The quantitative estimate of drug-likeness (QED) is 0.515. The third-order valence-electron chi connectivity index (χ3n) is 5.52. The third kappa shape index (κ3) is 5.24. The molecule has 160 valence electrons. The number of hydrogen-bond donors (Lipinski definition) is 0. The lowest BCUT2D eigenvalue weighted by Gasteiger charge is -2.35. The van der Waals surface area contributed by atoms with Crippen LogP contribution >= 0.6 is 11.6 Å². The average molecular weight is 436 g/mol. The fourth-order valence-corrected chi connectivity index (χ4v) is 3.98. The molecule has 5 nitrogen and oxygen atoms in total. The summed E-state index contributed by atoms with van der Waals surface area (Å²) in [6.45, 7) is 6.77. The zero-order valence-electron chi connectivity index (χ0n) is 17.6. The number of pyridine rings is 1. The van der Waals surface area contributed by atoms with Crippen molar-refractivity contribution in [3.8, 4) is 11.1 Å². The van der Waals surface area contributed by atoms with Crippen LogP contribution in [-0.4, -0.2) is 48.6 Å². The van der Waals surface area contributed by atoms with Crippen LogP contribution in [0.25, 0.3) is 11.1 Å². The lowest BCUT2D eigenvalue weighted by molar-refractivity contribution is 0.0526. The minimum Gasteiger partial charge on any atom is -0.462 e. The number of halogens is 1. The Hall–Kier alpha value is -2.89. The van der Waals surface area contributed by atoms with Crippen molar-refractivity contribution in [3.05, 3.63) is 83.0 Å². The maximum absolute atomic E-state index is 11.8. The summed E-state index contributed by atoms with van der Waals surface area (Å²) in [5.41, 5.74) is 4.24. The van der Waals surface area contributed by atoms with Crippen LogP contribution in [-0.2, 0) is 11.3 Å². The highest BCUT2D eigenvalue weighted by molar-refractivity contribution is 6.30. The molecule has 0 atom stereocenters. The molecule has 0 bridgehead atoms. The van der Waals surface area contributed by atoms with E-state index in [-0.39, 0.29) is 5.97 Å². The van der Waals surface area contributed by atoms with Crippen LogP contribution in [0.5, 0.6) is 0 Å². The lowest BCUT2D eigenvalue weighted by Crippen LogP contribution is -2.46. The molecule has 1 fully saturated rings. The van der Waals surface area contributed by atoms with Crippen molar-refractivity contribution in [3.63, 3.8) is 0 Å². The molecule has 31 heavy (non-hydrogen) atoms. The molecule has 1 aliphatic heterocycles. The molecular formula is C25H26ClN3O2. The van der Waals surface area contributed by atoms with E-state index in [4.69, 9.17) is 16.3 Å². The molecule has 1 aliphatic rings. The Kier molecular flexibility index (Phi) is 6.85.